The molecule has 1 aromatic heterocycles. The fourth-order valence-electron chi connectivity index (χ4n) is 2.81. The number of carbonyl (C=O) groups is 3. The molecule has 1 aliphatic rings. The number of benzene rings is 1. The van der Waals surface area contributed by atoms with Crippen LogP contribution >= 0.6 is 11.3 Å². The van der Waals surface area contributed by atoms with E-state index in [0.29, 0.717) is 23.8 Å². The molecule has 1 atom stereocenters. The van der Waals surface area contributed by atoms with Gasteiger partial charge in [-0.05, 0) is 12.0 Å². The summed E-state index contributed by atoms with van der Waals surface area (Å²) >= 11 is 1.32. The van der Waals surface area contributed by atoms with E-state index in [1.807, 2.05) is 30.3 Å². The molecular weight excluding hydrogens is 354 g/mol. The highest BCUT2D eigenvalue weighted by Gasteiger charge is 2.25. The van der Waals surface area contributed by atoms with E-state index >= 15 is 0 Å². The Balaban J connectivity index is 1.59. The third-order valence-electron chi connectivity index (χ3n) is 4.10. The average Bonchev–Trinajstić information content (AvgIpc) is 3.23. The molecule has 1 fully saturated rings. The fourth-order valence-corrected chi connectivity index (χ4v) is 3.68. The van der Waals surface area contributed by atoms with Crippen LogP contribution in [0.5, 0.6) is 0 Å². The van der Waals surface area contributed by atoms with Crippen LogP contribution < -0.4 is 10.2 Å². The molecule has 1 saturated heterocycles. The summed E-state index contributed by atoms with van der Waals surface area (Å²) in [7, 11) is 0. The van der Waals surface area contributed by atoms with Crippen molar-refractivity contribution in [1.29, 1.82) is 0 Å². The molecule has 3 rings (SSSR count). The maximum atomic E-state index is 12.2. The number of nitrogens with one attached hydrogen (secondary N) is 1. The van der Waals surface area contributed by atoms with E-state index in [-0.39, 0.29) is 18.7 Å². The molecule has 2 N–H and O–H groups in total. The zero-order valence-electron chi connectivity index (χ0n) is 14.1. The second kappa shape index (κ2) is 8.09. The van der Waals surface area contributed by atoms with E-state index in [9.17, 15) is 19.5 Å². The van der Waals surface area contributed by atoms with Crippen LogP contribution in [0.4, 0.5) is 5.13 Å². The Morgan fingerprint density at radius 3 is 2.73 bits per heavy atom. The van der Waals surface area contributed by atoms with Gasteiger partial charge in [-0.3, -0.25) is 14.5 Å². The van der Waals surface area contributed by atoms with E-state index in [0.717, 1.165) is 12.0 Å². The van der Waals surface area contributed by atoms with Gasteiger partial charge in [0.25, 0.3) is 0 Å². The molecule has 0 aliphatic carbocycles. The Hall–Kier alpha value is -2.74. The number of carbonyl (C=O) groups excluding carboxylic acids is 2. The zero-order chi connectivity index (χ0) is 18.5. The molecule has 8 heteroatoms. The lowest BCUT2D eigenvalue weighted by Gasteiger charge is -2.14. The molecular formula is C18H19N3O4S. The summed E-state index contributed by atoms with van der Waals surface area (Å²) in [5.41, 5.74) is 1.37. The van der Waals surface area contributed by atoms with Crippen molar-refractivity contribution < 1.29 is 19.5 Å². The van der Waals surface area contributed by atoms with Gasteiger partial charge in [-0.2, -0.15) is 0 Å². The molecule has 2 heterocycles. The molecule has 0 radical (unpaired) electrons. The molecule has 1 aromatic carbocycles. The van der Waals surface area contributed by atoms with E-state index in [2.05, 4.69) is 10.3 Å². The van der Waals surface area contributed by atoms with Crippen molar-refractivity contribution in [3.05, 3.63) is 47.0 Å². The number of aromatic nitrogens is 1. The van der Waals surface area contributed by atoms with Crippen molar-refractivity contribution in [1.82, 2.24) is 10.3 Å². The van der Waals surface area contributed by atoms with Crippen LogP contribution in [0.15, 0.2) is 35.7 Å². The Kier molecular flexibility index (Phi) is 5.62. The van der Waals surface area contributed by atoms with E-state index in [1.165, 1.54) is 11.3 Å². The van der Waals surface area contributed by atoms with E-state index < -0.39 is 17.9 Å². The molecule has 136 valence electrons. The molecule has 2 amide bonds. The van der Waals surface area contributed by atoms with Gasteiger partial charge in [0.1, 0.15) is 6.04 Å². The molecule has 0 unspecified atom stereocenters. The minimum Gasteiger partial charge on any atom is -0.480 e. The van der Waals surface area contributed by atoms with Crippen LogP contribution in [-0.4, -0.2) is 40.5 Å². The van der Waals surface area contributed by atoms with Gasteiger partial charge >= 0.3 is 5.97 Å². The lowest BCUT2D eigenvalue weighted by molar-refractivity contribution is -0.141. The molecule has 0 saturated carbocycles. The number of hydrogen-bond acceptors (Lipinski definition) is 5. The molecule has 1 aliphatic heterocycles. The van der Waals surface area contributed by atoms with Crippen LogP contribution in [0.2, 0.25) is 0 Å². The monoisotopic (exact) mass is 373 g/mol. The normalized spacial score (nSPS) is 15.1. The van der Waals surface area contributed by atoms with Gasteiger partial charge in [-0.1, -0.05) is 30.3 Å². The smallest absolute Gasteiger partial charge is 0.326 e. The molecule has 26 heavy (non-hydrogen) atoms. The van der Waals surface area contributed by atoms with Crippen molar-refractivity contribution in [2.75, 3.05) is 11.4 Å². The number of aliphatic carboxylic acids is 1. The predicted molar refractivity (Wildman–Crippen MR) is 97.1 cm³/mol. The average molecular weight is 373 g/mol. The minimum absolute atomic E-state index is 0.0168. The van der Waals surface area contributed by atoms with Crippen LogP contribution in [0, 0.1) is 0 Å². The van der Waals surface area contributed by atoms with Crippen LogP contribution in [0.3, 0.4) is 0 Å². The molecule has 0 bridgehead atoms. The number of hydrogen-bond donors (Lipinski definition) is 2. The van der Waals surface area contributed by atoms with Gasteiger partial charge in [0.2, 0.25) is 11.8 Å². The summed E-state index contributed by atoms with van der Waals surface area (Å²) < 4.78 is 0. The lowest BCUT2D eigenvalue weighted by atomic mass is 10.1. The maximum absolute atomic E-state index is 12.2. The van der Waals surface area contributed by atoms with Crippen LogP contribution in [-0.2, 0) is 27.2 Å². The Morgan fingerprint density at radius 1 is 1.31 bits per heavy atom. The second-order valence-electron chi connectivity index (χ2n) is 6.10. The number of nitrogens with zero attached hydrogens (tertiary/aromatic N) is 2. The topological polar surface area (TPSA) is 99.6 Å². The largest absolute Gasteiger partial charge is 0.480 e. The summed E-state index contributed by atoms with van der Waals surface area (Å²) in [6.45, 7) is 0.649. The fraction of sp³-hybridized carbons (Fsp3) is 0.333. The highest BCUT2D eigenvalue weighted by Crippen LogP contribution is 2.25. The van der Waals surface area contributed by atoms with Gasteiger partial charge in [0.05, 0.1) is 12.1 Å². The highest BCUT2D eigenvalue weighted by atomic mass is 32.1. The summed E-state index contributed by atoms with van der Waals surface area (Å²) in [5, 5.41) is 14.2. The number of thiazole rings is 1. The molecule has 2 aromatic rings. The molecule has 7 nitrogen and oxygen atoms in total. The first-order valence-corrected chi connectivity index (χ1v) is 9.22. The van der Waals surface area contributed by atoms with Gasteiger partial charge in [0, 0.05) is 24.8 Å². The van der Waals surface area contributed by atoms with Crippen molar-refractivity contribution >= 4 is 34.3 Å². The summed E-state index contributed by atoms with van der Waals surface area (Å²) in [5.74, 6) is -1.44. The van der Waals surface area contributed by atoms with Crippen LogP contribution in [0.1, 0.15) is 24.1 Å². The summed E-state index contributed by atoms with van der Waals surface area (Å²) in [6.07, 6.45) is 1.53. The van der Waals surface area contributed by atoms with Crippen molar-refractivity contribution in [3.8, 4) is 0 Å². The Labute approximate surface area is 154 Å². The maximum Gasteiger partial charge on any atom is 0.326 e. The Morgan fingerprint density at radius 2 is 2.08 bits per heavy atom. The van der Waals surface area contributed by atoms with Crippen molar-refractivity contribution in [3.63, 3.8) is 0 Å². The second-order valence-corrected chi connectivity index (χ2v) is 6.93. The van der Waals surface area contributed by atoms with Crippen molar-refractivity contribution in [2.24, 2.45) is 0 Å². The third-order valence-corrected chi connectivity index (χ3v) is 5.01. The first-order chi connectivity index (χ1) is 12.5. The third kappa shape index (κ3) is 4.45. The van der Waals surface area contributed by atoms with Gasteiger partial charge in [-0.15, -0.1) is 11.3 Å². The number of amides is 2. The van der Waals surface area contributed by atoms with Gasteiger partial charge < -0.3 is 10.4 Å². The Bertz CT molecular complexity index is 806. The number of carboxylic acid groups (broad SMARTS) is 1. The summed E-state index contributed by atoms with van der Waals surface area (Å²) in [6, 6.07) is 8.15. The quantitative estimate of drug-likeness (QED) is 0.768. The summed E-state index contributed by atoms with van der Waals surface area (Å²) in [4.78, 5) is 41.4. The highest BCUT2D eigenvalue weighted by molar-refractivity contribution is 7.14. The van der Waals surface area contributed by atoms with Crippen molar-refractivity contribution in [2.45, 2.75) is 31.7 Å². The zero-order valence-corrected chi connectivity index (χ0v) is 14.9. The lowest BCUT2D eigenvalue weighted by Crippen LogP contribution is -2.43. The number of anilines is 1. The SMILES string of the molecule is O=C(Cc1csc(N2CCCC2=O)n1)N[C@@H](Cc1ccccc1)C(=O)O. The van der Waals surface area contributed by atoms with Gasteiger partial charge in [0.15, 0.2) is 5.13 Å². The first-order valence-electron chi connectivity index (χ1n) is 8.34. The standard InChI is InChI=1S/C18H19N3O4S/c22-15(20-14(17(24)25)9-12-5-2-1-3-6-12)10-13-11-26-18(19-13)21-8-4-7-16(21)23/h1-3,5-6,11,14H,4,7-10H2,(H,20,22)(H,24,25)/t14-/m0/s1. The number of carboxylic acids is 1. The predicted octanol–water partition coefficient (Wildman–Crippen LogP) is 1.62. The van der Waals surface area contributed by atoms with E-state index in [4.69, 9.17) is 0 Å². The minimum atomic E-state index is -1.08. The van der Waals surface area contributed by atoms with Gasteiger partial charge in [-0.25, -0.2) is 9.78 Å². The van der Waals surface area contributed by atoms with E-state index in [1.54, 1.807) is 10.3 Å². The number of rotatable bonds is 7. The van der Waals surface area contributed by atoms with Crippen LogP contribution in [0.25, 0.3) is 0 Å². The molecule has 0 spiro atoms. The first kappa shape index (κ1) is 18.1.